The molecule has 0 aliphatic rings. The van der Waals surface area contributed by atoms with Crippen molar-refractivity contribution < 1.29 is 18.0 Å². The molecule has 0 fully saturated rings. The molecule has 8 heteroatoms. The highest BCUT2D eigenvalue weighted by Crippen LogP contribution is 2.30. The smallest absolute Gasteiger partial charge is 0.336 e. The van der Waals surface area contributed by atoms with Gasteiger partial charge in [-0.1, -0.05) is 11.8 Å². The second-order valence-corrected chi connectivity index (χ2v) is 6.43. The first-order chi connectivity index (χ1) is 12.6. The number of methoxy groups -OCH3 is 1. The third kappa shape index (κ3) is 3.11. The third-order valence-corrected chi connectivity index (χ3v) is 4.75. The lowest BCUT2D eigenvalue weighted by Gasteiger charge is -2.05. The minimum Gasteiger partial charge on any atom is -0.497 e. The summed E-state index contributed by atoms with van der Waals surface area (Å²) in [5, 5.41) is 9.33. The van der Waals surface area contributed by atoms with Gasteiger partial charge in [-0.15, -0.1) is 10.2 Å². The highest BCUT2D eigenvalue weighted by Gasteiger charge is 2.14. The molecule has 0 radical (unpaired) electrons. The van der Waals surface area contributed by atoms with Gasteiger partial charge in [0.25, 0.3) is 11.1 Å². The van der Waals surface area contributed by atoms with Gasteiger partial charge in [0.05, 0.1) is 18.9 Å². The van der Waals surface area contributed by atoms with E-state index >= 15 is 0 Å². The molecule has 0 saturated carbocycles. The van der Waals surface area contributed by atoms with Crippen LogP contribution in [0.15, 0.2) is 59.9 Å². The molecule has 1 aromatic carbocycles. The Labute approximate surface area is 152 Å². The summed E-state index contributed by atoms with van der Waals surface area (Å²) in [7, 11) is 1.56. The number of thioether (sulfide) groups is 1. The van der Waals surface area contributed by atoms with E-state index < -0.39 is 5.63 Å². The molecule has 0 saturated heterocycles. The largest absolute Gasteiger partial charge is 0.497 e. The van der Waals surface area contributed by atoms with Crippen LogP contribution in [0.4, 0.5) is 0 Å². The minimum atomic E-state index is -0.415. The summed E-state index contributed by atoms with van der Waals surface area (Å²) in [5.74, 6) is 2.23. The highest BCUT2D eigenvalue weighted by atomic mass is 32.2. The molecule has 4 aromatic rings. The van der Waals surface area contributed by atoms with Gasteiger partial charge < -0.3 is 18.0 Å². The lowest BCUT2D eigenvalue weighted by molar-refractivity contribution is 0.414. The van der Waals surface area contributed by atoms with Gasteiger partial charge in [-0.05, 0) is 30.7 Å². The Morgan fingerprint density at radius 3 is 2.81 bits per heavy atom. The summed E-state index contributed by atoms with van der Waals surface area (Å²) in [4.78, 5) is 11.8. The Kier molecular flexibility index (Phi) is 4.26. The summed E-state index contributed by atoms with van der Waals surface area (Å²) in [5.41, 5.74) is 1.65. The summed E-state index contributed by atoms with van der Waals surface area (Å²) in [6, 6.07) is 8.63. The van der Waals surface area contributed by atoms with Crippen LogP contribution in [0.1, 0.15) is 11.3 Å². The van der Waals surface area contributed by atoms with E-state index in [4.69, 9.17) is 18.0 Å². The van der Waals surface area contributed by atoms with Gasteiger partial charge in [0.15, 0.2) is 0 Å². The number of aryl methyl sites for hydroxylation is 1. The van der Waals surface area contributed by atoms with Crippen molar-refractivity contribution in [3.63, 3.8) is 0 Å². The van der Waals surface area contributed by atoms with Gasteiger partial charge in [-0.2, -0.15) is 0 Å². The molecule has 0 aliphatic heterocycles. The Balaban J connectivity index is 1.59. The second-order valence-electron chi connectivity index (χ2n) is 5.51. The van der Waals surface area contributed by atoms with E-state index in [2.05, 4.69) is 10.2 Å². The molecule has 0 spiro atoms. The molecule has 0 N–H and O–H groups in total. The molecule has 0 amide bonds. The van der Waals surface area contributed by atoms with Crippen LogP contribution in [0.25, 0.3) is 22.4 Å². The zero-order valence-electron chi connectivity index (χ0n) is 14.0. The molecule has 3 aromatic heterocycles. The van der Waals surface area contributed by atoms with Crippen molar-refractivity contribution in [1.29, 1.82) is 0 Å². The maximum absolute atomic E-state index is 11.8. The van der Waals surface area contributed by atoms with Crippen molar-refractivity contribution in [2.75, 3.05) is 7.11 Å². The van der Waals surface area contributed by atoms with Crippen LogP contribution in [0.5, 0.6) is 5.75 Å². The van der Waals surface area contributed by atoms with Gasteiger partial charge >= 0.3 is 5.63 Å². The van der Waals surface area contributed by atoms with Crippen molar-refractivity contribution >= 4 is 22.7 Å². The van der Waals surface area contributed by atoms with Crippen LogP contribution in [-0.2, 0) is 5.75 Å². The molecular weight excluding hydrogens is 356 g/mol. The SMILES string of the molecule is COc1ccc2c(CSc3nnc(-c4ccoc4C)o3)cc(=O)oc2c1. The number of furan rings is 1. The van der Waals surface area contributed by atoms with Crippen LogP contribution in [0.2, 0.25) is 0 Å². The normalized spacial score (nSPS) is 11.2. The quantitative estimate of drug-likeness (QED) is 0.384. The zero-order chi connectivity index (χ0) is 18.1. The molecule has 26 heavy (non-hydrogen) atoms. The lowest BCUT2D eigenvalue weighted by Crippen LogP contribution is -2.00. The van der Waals surface area contributed by atoms with Gasteiger partial charge in [0.1, 0.15) is 17.1 Å². The third-order valence-electron chi connectivity index (χ3n) is 3.88. The summed E-state index contributed by atoms with van der Waals surface area (Å²) in [6.07, 6.45) is 1.57. The van der Waals surface area contributed by atoms with Gasteiger partial charge in [-0.3, -0.25) is 0 Å². The van der Waals surface area contributed by atoms with E-state index in [0.717, 1.165) is 16.5 Å². The van der Waals surface area contributed by atoms with E-state index in [-0.39, 0.29) is 0 Å². The molecule has 0 bridgehead atoms. The van der Waals surface area contributed by atoms with Gasteiger partial charge in [-0.25, -0.2) is 4.79 Å². The Hall–Kier alpha value is -3.00. The Morgan fingerprint density at radius 2 is 2.04 bits per heavy atom. The number of hydrogen-bond acceptors (Lipinski definition) is 8. The minimum absolute atomic E-state index is 0.404. The first-order valence-corrected chi connectivity index (χ1v) is 8.74. The Bertz CT molecular complexity index is 1130. The fraction of sp³-hybridized carbons (Fsp3) is 0.167. The molecule has 3 heterocycles. The zero-order valence-corrected chi connectivity index (χ0v) is 14.8. The van der Waals surface area contributed by atoms with Gasteiger partial charge in [0.2, 0.25) is 0 Å². The highest BCUT2D eigenvalue weighted by molar-refractivity contribution is 7.98. The summed E-state index contributed by atoms with van der Waals surface area (Å²) < 4.78 is 21.3. The number of fused-ring (bicyclic) bond motifs is 1. The predicted molar refractivity (Wildman–Crippen MR) is 95.3 cm³/mol. The van der Waals surface area contributed by atoms with E-state index in [0.29, 0.717) is 34.0 Å². The lowest BCUT2D eigenvalue weighted by atomic mass is 10.1. The monoisotopic (exact) mass is 370 g/mol. The van der Waals surface area contributed by atoms with Crippen molar-refractivity contribution in [3.8, 4) is 17.2 Å². The molecule has 7 nitrogen and oxygen atoms in total. The average molecular weight is 370 g/mol. The van der Waals surface area contributed by atoms with E-state index in [1.54, 1.807) is 25.5 Å². The first-order valence-electron chi connectivity index (χ1n) is 7.75. The number of hydrogen-bond donors (Lipinski definition) is 0. The molecule has 4 rings (SSSR count). The number of rotatable bonds is 5. The standard InChI is InChI=1S/C18H14N2O5S/c1-10-13(5-6-23-10)17-19-20-18(25-17)26-9-11-7-16(21)24-15-8-12(22-2)3-4-14(11)15/h3-8H,9H2,1-2H3. The Morgan fingerprint density at radius 1 is 1.15 bits per heavy atom. The number of ether oxygens (including phenoxy) is 1. The van der Waals surface area contributed by atoms with Crippen LogP contribution < -0.4 is 10.4 Å². The first kappa shape index (κ1) is 16.5. The fourth-order valence-corrected chi connectivity index (χ4v) is 3.33. The fourth-order valence-electron chi connectivity index (χ4n) is 2.58. The maximum atomic E-state index is 11.8. The van der Waals surface area contributed by atoms with E-state index in [9.17, 15) is 4.79 Å². The summed E-state index contributed by atoms with van der Waals surface area (Å²) >= 11 is 1.35. The predicted octanol–water partition coefficient (Wildman–Crippen LogP) is 4.05. The maximum Gasteiger partial charge on any atom is 0.336 e. The number of benzene rings is 1. The van der Waals surface area contributed by atoms with Crippen molar-refractivity contribution in [2.24, 2.45) is 0 Å². The van der Waals surface area contributed by atoms with Crippen molar-refractivity contribution in [1.82, 2.24) is 10.2 Å². The number of aromatic nitrogens is 2. The molecule has 0 atom stereocenters. The van der Waals surface area contributed by atoms with Crippen molar-refractivity contribution in [2.45, 2.75) is 17.9 Å². The van der Waals surface area contributed by atoms with Crippen LogP contribution >= 0.6 is 11.8 Å². The average Bonchev–Trinajstić information content (AvgIpc) is 3.27. The number of nitrogens with zero attached hydrogens (tertiary/aromatic N) is 2. The van der Waals surface area contributed by atoms with E-state index in [1.165, 1.54) is 17.8 Å². The topological polar surface area (TPSA) is 91.5 Å². The molecule has 0 unspecified atom stereocenters. The summed E-state index contributed by atoms with van der Waals surface area (Å²) in [6.45, 7) is 1.83. The van der Waals surface area contributed by atoms with Gasteiger partial charge in [0, 0.05) is 23.3 Å². The second kappa shape index (κ2) is 6.72. The van der Waals surface area contributed by atoms with Crippen LogP contribution in [0.3, 0.4) is 0 Å². The van der Waals surface area contributed by atoms with Crippen LogP contribution in [-0.4, -0.2) is 17.3 Å². The van der Waals surface area contributed by atoms with Crippen molar-refractivity contribution in [3.05, 3.63) is 58.3 Å². The molecule has 132 valence electrons. The van der Waals surface area contributed by atoms with Crippen LogP contribution in [0, 0.1) is 6.92 Å². The van der Waals surface area contributed by atoms with E-state index in [1.807, 2.05) is 19.1 Å². The molecular formula is C18H14N2O5S. The molecule has 0 aliphatic carbocycles.